The second-order valence-electron chi connectivity index (χ2n) is 7.58. The number of hydrogen-bond donors (Lipinski definition) is 2. The molecule has 1 aliphatic rings. The molecule has 1 rings (SSSR count). The number of hydrogen-bond acceptors (Lipinski definition) is 10. The van der Waals surface area contributed by atoms with Crippen LogP contribution in [0.2, 0.25) is 0 Å². The van der Waals surface area contributed by atoms with Crippen molar-refractivity contribution in [1.29, 1.82) is 0 Å². The first-order chi connectivity index (χ1) is 15.4. The predicted molar refractivity (Wildman–Crippen MR) is 116 cm³/mol. The summed E-state index contributed by atoms with van der Waals surface area (Å²) in [5.74, 6) is -3.38. The molecule has 0 aromatic carbocycles. The van der Waals surface area contributed by atoms with E-state index in [-0.39, 0.29) is 16.7 Å². The molecule has 0 bridgehead atoms. The highest BCUT2D eigenvalue weighted by molar-refractivity contribution is 5.89. The molecule has 184 valence electrons. The Bertz CT molecular complexity index is 853. The van der Waals surface area contributed by atoms with Crippen LogP contribution in [-0.4, -0.2) is 70.7 Å². The first kappa shape index (κ1) is 28.1. The van der Waals surface area contributed by atoms with Gasteiger partial charge in [-0.2, -0.15) is 0 Å². The average molecular weight is 468 g/mol. The highest BCUT2D eigenvalue weighted by Gasteiger charge is 2.57. The predicted octanol–water partition coefficient (Wildman–Crippen LogP) is 1.29. The third-order valence-corrected chi connectivity index (χ3v) is 5.29. The molecular formula is C23H32O10. The lowest BCUT2D eigenvalue weighted by atomic mass is 9.84. The minimum atomic E-state index is -1.83. The molecule has 1 fully saturated rings. The van der Waals surface area contributed by atoms with Crippen LogP contribution >= 0.6 is 0 Å². The standard InChI is InChI=1S/C23H32O10/c1-8-11(4)21(27)31-18-16(26)15(25)17(30-14(7)24)19(32-22(28)12(5)9-2)20(18)33-23(29)13(6)10-3/h8-10,15-20,25-26H,1-7H3. The summed E-state index contributed by atoms with van der Waals surface area (Å²) in [5, 5.41) is 21.4. The van der Waals surface area contributed by atoms with Gasteiger partial charge in [-0.15, -0.1) is 0 Å². The summed E-state index contributed by atoms with van der Waals surface area (Å²) in [6.07, 6.45) is -5.68. The zero-order valence-corrected chi connectivity index (χ0v) is 19.9. The number of esters is 4. The third kappa shape index (κ3) is 7.00. The Morgan fingerprint density at radius 2 is 0.818 bits per heavy atom. The second kappa shape index (κ2) is 12.3. The molecule has 33 heavy (non-hydrogen) atoms. The van der Waals surface area contributed by atoms with Gasteiger partial charge in [0, 0.05) is 23.6 Å². The maximum Gasteiger partial charge on any atom is 0.333 e. The average Bonchev–Trinajstić information content (AvgIpc) is 2.79. The first-order valence-corrected chi connectivity index (χ1v) is 10.4. The van der Waals surface area contributed by atoms with Crippen LogP contribution in [0.1, 0.15) is 48.5 Å². The lowest BCUT2D eigenvalue weighted by Crippen LogP contribution is -2.67. The normalized spacial score (nSPS) is 28.6. The Morgan fingerprint density at radius 3 is 1.09 bits per heavy atom. The summed E-state index contributed by atoms with van der Waals surface area (Å²) < 4.78 is 21.4. The van der Waals surface area contributed by atoms with Gasteiger partial charge in [0.15, 0.2) is 24.4 Å². The zero-order valence-electron chi connectivity index (χ0n) is 19.9. The topological polar surface area (TPSA) is 146 Å². The molecule has 0 saturated heterocycles. The van der Waals surface area contributed by atoms with Crippen molar-refractivity contribution in [2.24, 2.45) is 0 Å². The molecule has 0 aromatic heterocycles. The van der Waals surface area contributed by atoms with Gasteiger partial charge in [0.25, 0.3) is 0 Å². The Hall–Kier alpha value is -2.98. The Morgan fingerprint density at radius 1 is 0.545 bits per heavy atom. The monoisotopic (exact) mass is 468 g/mol. The van der Waals surface area contributed by atoms with Crippen LogP contribution in [0.5, 0.6) is 0 Å². The number of aliphatic hydroxyl groups excluding tert-OH is 2. The van der Waals surface area contributed by atoms with Crippen molar-refractivity contribution in [3.63, 3.8) is 0 Å². The van der Waals surface area contributed by atoms with Gasteiger partial charge in [0.2, 0.25) is 0 Å². The van der Waals surface area contributed by atoms with Crippen molar-refractivity contribution < 1.29 is 48.3 Å². The smallest absolute Gasteiger partial charge is 0.333 e. The SMILES string of the molecule is CC=C(C)C(=O)OC1C(O)C(O)C(OC(C)=O)C(OC(=O)C(C)=CC)C1OC(=O)C(C)=CC. The van der Waals surface area contributed by atoms with Gasteiger partial charge in [-0.1, -0.05) is 18.2 Å². The zero-order chi connectivity index (χ0) is 25.5. The number of aliphatic hydroxyl groups is 2. The Balaban J connectivity index is 3.58. The van der Waals surface area contributed by atoms with Crippen molar-refractivity contribution in [3.05, 3.63) is 34.9 Å². The fraction of sp³-hybridized carbons (Fsp3) is 0.565. The largest absolute Gasteiger partial charge is 0.456 e. The third-order valence-electron chi connectivity index (χ3n) is 5.29. The Labute approximate surface area is 192 Å². The fourth-order valence-corrected chi connectivity index (χ4v) is 2.89. The van der Waals surface area contributed by atoms with Gasteiger partial charge in [-0.25, -0.2) is 14.4 Å². The van der Waals surface area contributed by atoms with E-state index in [1.165, 1.54) is 39.0 Å². The van der Waals surface area contributed by atoms with E-state index in [9.17, 15) is 29.4 Å². The number of ether oxygens (including phenoxy) is 4. The van der Waals surface area contributed by atoms with Crippen molar-refractivity contribution in [3.8, 4) is 0 Å². The lowest BCUT2D eigenvalue weighted by Gasteiger charge is -2.45. The summed E-state index contributed by atoms with van der Waals surface area (Å²) in [4.78, 5) is 49.2. The van der Waals surface area contributed by atoms with Crippen molar-refractivity contribution >= 4 is 23.9 Å². The van der Waals surface area contributed by atoms with Gasteiger partial charge in [0.05, 0.1) is 0 Å². The van der Waals surface area contributed by atoms with Crippen LogP contribution in [0, 0.1) is 0 Å². The first-order valence-electron chi connectivity index (χ1n) is 10.4. The molecule has 1 saturated carbocycles. The van der Waals surface area contributed by atoms with Crippen LogP contribution in [-0.2, 0) is 38.1 Å². The Kier molecular flexibility index (Phi) is 10.5. The molecule has 0 aromatic rings. The van der Waals surface area contributed by atoms with E-state index in [0.717, 1.165) is 6.92 Å². The number of allylic oxidation sites excluding steroid dienone is 3. The van der Waals surface area contributed by atoms with Gasteiger partial charge < -0.3 is 29.2 Å². The van der Waals surface area contributed by atoms with E-state index in [1.807, 2.05) is 0 Å². The molecule has 1 aliphatic carbocycles. The summed E-state index contributed by atoms with van der Waals surface area (Å²) in [6, 6.07) is 0. The molecule has 10 nitrogen and oxygen atoms in total. The summed E-state index contributed by atoms with van der Waals surface area (Å²) in [5.41, 5.74) is 0.557. The van der Waals surface area contributed by atoms with E-state index < -0.39 is 60.5 Å². The molecule has 0 aliphatic heterocycles. The molecule has 0 heterocycles. The molecule has 6 unspecified atom stereocenters. The molecule has 2 N–H and O–H groups in total. The minimum Gasteiger partial charge on any atom is -0.456 e. The summed E-state index contributed by atoms with van der Waals surface area (Å²) >= 11 is 0. The van der Waals surface area contributed by atoms with Crippen LogP contribution in [0.4, 0.5) is 0 Å². The maximum atomic E-state index is 12.6. The number of carbonyl (C=O) groups excluding carboxylic acids is 4. The molecule has 10 heteroatoms. The molecule has 0 spiro atoms. The van der Waals surface area contributed by atoms with Crippen LogP contribution in [0.3, 0.4) is 0 Å². The number of carbonyl (C=O) groups is 4. The van der Waals surface area contributed by atoms with Gasteiger partial charge in [0.1, 0.15) is 12.2 Å². The fourth-order valence-electron chi connectivity index (χ4n) is 2.89. The van der Waals surface area contributed by atoms with Crippen molar-refractivity contribution in [2.75, 3.05) is 0 Å². The maximum absolute atomic E-state index is 12.6. The van der Waals surface area contributed by atoms with E-state index in [4.69, 9.17) is 18.9 Å². The van der Waals surface area contributed by atoms with Crippen LogP contribution in [0.15, 0.2) is 34.9 Å². The highest BCUT2D eigenvalue weighted by Crippen LogP contribution is 2.32. The van der Waals surface area contributed by atoms with Gasteiger partial charge >= 0.3 is 23.9 Å². The van der Waals surface area contributed by atoms with Crippen LogP contribution in [0.25, 0.3) is 0 Å². The second-order valence-corrected chi connectivity index (χ2v) is 7.58. The minimum absolute atomic E-state index is 0.184. The van der Waals surface area contributed by atoms with Crippen molar-refractivity contribution in [1.82, 2.24) is 0 Å². The highest BCUT2D eigenvalue weighted by atomic mass is 16.6. The van der Waals surface area contributed by atoms with E-state index in [1.54, 1.807) is 20.8 Å². The summed E-state index contributed by atoms with van der Waals surface area (Å²) in [6.45, 7) is 10.2. The van der Waals surface area contributed by atoms with Gasteiger partial charge in [-0.05, 0) is 41.5 Å². The molecule has 0 radical (unpaired) electrons. The van der Waals surface area contributed by atoms with Crippen molar-refractivity contribution in [2.45, 2.75) is 85.1 Å². The van der Waals surface area contributed by atoms with E-state index in [2.05, 4.69) is 0 Å². The molecule has 0 amide bonds. The van der Waals surface area contributed by atoms with Gasteiger partial charge in [-0.3, -0.25) is 4.79 Å². The molecular weight excluding hydrogens is 436 g/mol. The quantitative estimate of drug-likeness (QED) is 0.318. The van der Waals surface area contributed by atoms with E-state index >= 15 is 0 Å². The van der Waals surface area contributed by atoms with Crippen LogP contribution < -0.4 is 0 Å². The molecule has 6 atom stereocenters. The summed E-state index contributed by atoms with van der Waals surface area (Å²) in [7, 11) is 0. The van der Waals surface area contributed by atoms with E-state index in [0.29, 0.717) is 0 Å². The number of rotatable bonds is 7. The lowest BCUT2D eigenvalue weighted by molar-refractivity contribution is -0.249.